The third-order valence-corrected chi connectivity index (χ3v) is 6.95. The number of carbonyl (C=O) groups is 1. The van der Waals surface area contributed by atoms with Crippen molar-refractivity contribution in [3.05, 3.63) is 54.1 Å². The van der Waals surface area contributed by atoms with Gasteiger partial charge in [0.2, 0.25) is 0 Å². The number of ether oxygens (including phenoxy) is 2. The molecule has 228 valence electrons. The third-order valence-electron chi connectivity index (χ3n) is 6.95. The number of carbonyl (C=O) groups excluding carboxylic acids is 1. The van der Waals surface area contributed by atoms with Crippen molar-refractivity contribution >= 4 is 23.0 Å². The largest absolute Gasteiger partial charge is 0.491 e. The molecule has 1 aromatic carbocycles. The SMILES string of the molecule is Br.CCN(CC)CCOC(=O)CCC/C=C\C[C@@H]1[C@@H](/C=C/[C@@H](O)COc2cccc(C(F)(F)F)c2)[C@H](O)C[C@@H]1O. The molecule has 0 amide bonds. The molecule has 5 atom stereocenters. The highest BCUT2D eigenvalue weighted by molar-refractivity contribution is 8.93. The minimum absolute atomic E-state index is 0. The fourth-order valence-electron chi connectivity index (χ4n) is 4.60. The van der Waals surface area contributed by atoms with Crippen molar-refractivity contribution in [3.63, 3.8) is 0 Å². The molecular formula is C29H43BrF3NO6. The molecule has 7 nitrogen and oxygen atoms in total. The predicted octanol–water partition coefficient (Wildman–Crippen LogP) is 4.94. The van der Waals surface area contributed by atoms with Gasteiger partial charge in [-0.1, -0.05) is 44.2 Å². The fourth-order valence-corrected chi connectivity index (χ4v) is 4.60. The molecule has 11 heteroatoms. The summed E-state index contributed by atoms with van der Waals surface area (Å²) in [7, 11) is 0. The van der Waals surface area contributed by atoms with Crippen LogP contribution in [-0.4, -0.2) is 77.3 Å². The number of nitrogens with zero attached hydrogens (tertiary/aromatic N) is 1. The van der Waals surface area contributed by atoms with E-state index in [0.717, 1.165) is 31.8 Å². The van der Waals surface area contributed by atoms with Crippen molar-refractivity contribution in [1.82, 2.24) is 4.90 Å². The number of hydrogen-bond acceptors (Lipinski definition) is 7. The van der Waals surface area contributed by atoms with Crippen LogP contribution in [0.3, 0.4) is 0 Å². The summed E-state index contributed by atoms with van der Waals surface area (Å²) in [5.41, 5.74) is -0.838. The van der Waals surface area contributed by atoms with E-state index in [9.17, 15) is 33.3 Å². The molecule has 3 N–H and O–H groups in total. The van der Waals surface area contributed by atoms with Crippen LogP contribution in [0.25, 0.3) is 0 Å². The van der Waals surface area contributed by atoms with E-state index in [1.165, 1.54) is 18.2 Å². The van der Waals surface area contributed by atoms with Crippen molar-refractivity contribution in [2.45, 2.75) is 70.4 Å². The van der Waals surface area contributed by atoms with E-state index in [1.54, 1.807) is 6.08 Å². The number of aliphatic hydroxyl groups excluding tert-OH is 3. The van der Waals surface area contributed by atoms with E-state index in [4.69, 9.17) is 9.47 Å². The van der Waals surface area contributed by atoms with Gasteiger partial charge in [0.15, 0.2) is 0 Å². The molecule has 0 aliphatic heterocycles. The molecule has 1 aliphatic rings. The first-order chi connectivity index (χ1) is 18.5. The minimum atomic E-state index is -4.49. The van der Waals surface area contributed by atoms with Gasteiger partial charge in [0.05, 0.1) is 17.8 Å². The smallest absolute Gasteiger partial charge is 0.416 e. The standard InChI is InChI=1S/C29H42F3NO6.BrH/c1-3-33(4-2)16-17-38-28(37)13-8-6-5-7-12-24-25(27(36)19-26(24)35)15-14-22(34)20-39-23-11-9-10-21(18-23)29(30,31)32;/h5,7,9-11,14-15,18,22,24-27,34-36H,3-4,6,8,12-13,16-17,19-20H2,1-2H3;1H/b7-5-,15-14+;/t22-,24-,25-,26+,27-;/m1./s1. The summed E-state index contributed by atoms with van der Waals surface area (Å²) >= 11 is 0. The molecule has 1 saturated carbocycles. The van der Waals surface area contributed by atoms with Crippen LogP contribution in [0.2, 0.25) is 0 Å². The lowest BCUT2D eigenvalue weighted by Crippen LogP contribution is -2.27. The Hall–Kier alpha value is -1.92. The topological polar surface area (TPSA) is 99.5 Å². The molecule has 0 spiro atoms. The first-order valence-corrected chi connectivity index (χ1v) is 13.6. The van der Waals surface area contributed by atoms with Crippen LogP contribution in [0.4, 0.5) is 13.2 Å². The fraction of sp³-hybridized carbons (Fsp3) is 0.621. The van der Waals surface area contributed by atoms with E-state index in [-0.39, 0.29) is 47.6 Å². The highest BCUT2D eigenvalue weighted by atomic mass is 79.9. The Morgan fingerprint density at radius 2 is 1.90 bits per heavy atom. The van der Waals surface area contributed by atoms with E-state index in [2.05, 4.69) is 18.7 Å². The quantitative estimate of drug-likeness (QED) is 0.134. The van der Waals surface area contributed by atoms with Crippen LogP contribution in [0.5, 0.6) is 5.75 Å². The van der Waals surface area contributed by atoms with Gasteiger partial charge in [-0.15, -0.1) is 17.0 Å². The van der Waals surface area contributed by atoms with Gasteiger partial charge < -0.3 is 29.7 Å². The first-order valence-electron chi connectivity index (χ1n) is 13.6. The maximum absolute atomic E-state index is 12.8. The van der Waals surface area contributed by atoms with E-state index < -0.39 is 36.0 Å². The lowest BCUT2D eigenvalue weighted by molar-refractivity contribution is -0.144. The number of hydrogen-bond donors (Lipinski definition) is 3. The number of unbranched alkanes of at least 4 members (excludes halogenated alkanes) is 1. The summed E-state index contributed by atoms with van der Waals surface area (Å²) in [6.45, 7) is 6.82. The Bertz CT molecular complexity index is 925. The van der Waals surface area contributed by atoms with Crippen LogP contribution in [0, 0.1) is 11.8 Å². The molecule has 0 unspecified atom stereocenters. The number of aliphatic hydroxyl groups is 3. The van der Waals surface area contributed by atoms with Crippen LogP contribution in [0.1, 0.15) is 51.5 Å². The number of rotatable bonds is 16. The molecule has 0 saturated heterocycles. The van der Waals surface area contributed by atoms with Crippen molar-refractivity contribution in [3.8, 4) is 5.75 Å². The number of benzene rings is 1. The predicted molar refractivity (Wildman–Crippen MR) is 152 cm³/mol. The van der Waals surface area contributed by atoms with Gasteiger partial charge in [0, 0.05) is 25.3 Å². The Morgan fingerprint density at radius 1 is 1.18 bits per heavy atom. The highest BCUT2D eigenvalue weighted by Gasteiger charge is 2.39. The molecule has 1 aliphatic carbocycles. The highest BCUT2D eigenvalue weighted by Crippen LogP contribution is 2.36. The summed E-state index contributed by atoms with van der Waals surface area (Å²) in [5.74, 6) is -0.877. The second-order valence-electron chi connectivity index (χ2n) is 9.75. The maximum Gasteiger partial charge on any atom is 0.416 e. The Labute approximate surface area is 245 Å². The molecule has 2 rings (SSSR count). The normalized spacial score (nSPS) is 22.1. The average molecular weight is 639 g/mol. The molecule has 0 bridgehead atoms. The lowest BCUT2D eigenvalue weighted by Gasteiger charge is -2.19. The summed E-state index contributed by atoms with van der Waals surface area (Å²) in [6, 6.07) is 4.41. The lowest BCUT2D eigenvalue weighted by atomic mass is 9.89. The molecule has 40 heavy (non-hydrogen) atoms. The average Bonchev–Trinajstić information content (AvgIpc) is 3.17. The second kappa shape index (κ2) is 18.5. The van der Waals surface area contributed by atoms with Gasteiger partial charge in [0.1, 0.15) is 25.1 Å². The van der Waals surface area contributed by atoms with E-state index in [0.29, 0.717) is 32.3 Å². The van der Waals surface area contributed by atoms with Crippen LogP contribution < -0.4 is 4.74 Å². The molecular weight excluding hydrogens is 595 g/mol. The third kappa shape index (κ3) is 12.7. The van der Waals surface area contributed by atoms with Crippen LogP contribution in [0.15, 0.2) is 48.6 Å². The zero-order valence-electron chi connectivity index (χ0n) is 23.1. The van der Waals surface area contributed by atoms with Gasteiger partial charge in [-0.25, -0.2) is 0 Å². The minimum Gasteiger partial charge on any atom is -0.491 e. The first kappa shape index (κ1) is 36.1. The molecule has 0 radical (unpaired) electrons. The van der Waals surface area contributed by atoms with Crippen molar-refractivity contribution in [2.75, 3.05) is 32.8 Å². The monoisotopic (exact) mass is 637 g/mol. The van der Waals surface area contributed by atoms with Gasteiger partial charge >= 0.3 is 12.1 Å². The zero-order valence-corrected chi connectivity index (χ0v) is 24.8. The number of alkyl halides is 3. The number of halogens is 4. The number of allylic oxidation sites excluding steroid dienone is 2. The Kier molecular flexibility index (Phi) is 16.7. The van der Waals surface area contributed by atoms with Gasteiger partial charge in [-0.05, 0) is 56.5 Å². The molecule has 0 heterocycles. The molecule has 1 fully saturated rings. The summed E-state index contributed by atoms with van der Waals surface area (Å²) in [4.78, 5) is 14.0. The summed E-state index contributed by atoms with van der Waals surface area (Å²) in [5, 5.41) is 31.0. The zero-order chi connectivity index (χ0) is 28.8. The van der Waals surface area contributed by atoms with Crippen molar-refractivity contribution in [1.29, 1.82) is 0 Å². The van der Waals surface area contributed by atoms with Gasteiger partial charge in [-0.3, -0.25) is 4.79 Å². The Balaban J connectivity index is 0.00000800. The summed E-state index contributed by atoms with van der Waals surface area (Å²) < 4.78 is 49.1. The number of esters is 1. The van der Waals surface area contributed by atoms with Crippen molar-refractivity contribution in [2.24, 2.45) is 11.8 Å². The molecule has 0 aromatic heterocycles. The summed E-state index contributed by atoms with van der Waals surface area (Å²) in [6.07, 6.45) is 2.24. The van der Waals surface area contributed by atoms with Gasteiger partial charge in [-0.2, -0.15) is 13.2 Å². The maximum atomic E-state index is 12.8. The van der Waals surface area contributed by atoms with E-state index in [1.807, 2.05) is 12.2 Å². The number of likely N-dealkylation sites (N-methyl/N-ethyl adjacent to an activating group) is 1. The second-order valence-corrected chi connectivity index (χ2v) is 9.75. The van der Waals surface area contributed by atoms with E-state index >= 15 is 0 Å². The van der Waals surface area contributed by atoms with Crippen molar-refractivity contribution < 1.29 is 42.8 Å². The van der Waals surface area contributed by atoms with Crippen LogP contribution >= 0.6 is 17.0 Å². The van der Waals surface area contributed by atoms with Crippen LogP contribution in [-0.2, 0) is 15.7 Å². The Morgan fingerprint density at radius 3 is 2.58 bits per heavy atom. The molecule has 1 aromatic rings. The van der Waals surface area contributed by atoms with Gasteiger partial charge in [0.25, 0.3) is 0 Å².